The number of hydrogen-bond acceptors (Lipinski definition) is 8. The Morgan fingerprint density at radius 1 is 0.612 bits per heavy atom. The maximum absolute atomic E-state index is 12.6. The van der Waals surface area contributed by atoms with Crippen molar-refractivity contribution in [1.29, 1.82) is 0 Å². The number of likely N-dealkylation sites (N-methyl/N-ethyl adjacent to an activating group) is 1. The molecule has 0 aliphatic heterocycles. The molecular formula is C39H76NO8P. The van der Waals surface area contributed by atoms with E-state index >= 15 is 0 Å². The third-order valence-electron chi connectivity index (χ3n) is 8.54. The van der Waals surface area contributed by atoms with Crippen LogP contribution in [0.5, 0.6) is 0 Å². The minimum Gasteiger partial charge on any atom is -0.756 e. The van der Waals surface area contributed by atoms with Gasteiger partial charge >= 0.3 is 11.9 Å². The van der Waals surface area contributed by atoms with Crippen molar-refractivity contribution in [3.8, 4) is 0 Å². The molecule has 0 saturated carbocycles. The Labute approximate surface area is 301 Å². The molecule has 0 amide bonds. The number of ether oxygens (including phenoxy) is 2. The normalized spacial score (nSPS) is 13.8. The maximum atomic E-state index is 12.6. The first-order chi connectivity index (χ1) is 23.5. The molecule has 49 heavy (non-hydrogen) atoms. The van der Waals surface area contributed by atoms with E-state index < -0.39 is 32.5 Å². The fraction of sp³-hybridized carbons (Fsp3) is 0.897. The van der Waals surface area contributed by atoms with Crippen LogP contribution >= 0.6 is 7.82 Å². The number of allylic oxidation sites excluding steroid dienone is 2. The van der Waals surface area contributed by atoms with Gasteiger partial charge in [-0.15, -0.1) is 0 Å². The molecule has 0 aliphatic rings. The van der Waals surface area contributed by atoms with Gasteiger partial charge < -0.3 is 27.9 Å². The second kappa shape index (κ2) is 32.6. The van der Waals surface area contributed by atoms with E-state index in [0.717, 1.165) is 38.5 Å². The lowest BCUT2D eigenvalue weighted by Gasteiger charge is -2.28. The summed E-state index contributed by atoms with van der Waals surface area (Å²) in [6.07, 6.45) is 31.0. The predicted octanol–water partition coefficient (Wildman–Crippen LogP) is 10.00. The van der Waals surface area contributed by atoms with Gasteiger partial charge in [0.1, 0.15) is 19.8 Å². The summed E-state index contributed by atoms with van der Waals surface area (Å²) in [4.78, 5) is 37.3. The van der Waals surface area contributed by atoms with Crippen molar-refractivity contribution in [3.63, 3.8) is 0 Å². The highest BCUT2D eigenvalue weighted by Crippen LogP contribution is 2.38. The summed E-state index contributed by atoms with van der Waals surface area (Å²) < 4.78 is 33.7. The van der Waals surface area contributed by atoms with Gasteiger partial charge in [-0.3, -0.25) is 14.2 Å². The molecule has 0 aromatic carbocycles. The maximum Gasteiger partial charge on any atom is 0.306 e. The van der Waals surface area contributed by atoms with Gasteiger partial charge in [-0.2, -0.15) is 0 Å². The number of phosphoric acid groups is 1. The molecule has 0 saturated heterocycles. The van der Waals surface area contributed by atoms with E-state index in [1.807, 2.05) is 21.1 Å². The van der Waals surface area contributed by atoms with Crippen LogP contribution in [0.15, 0.2) is 12.2 Å². The predicted molar refractivity (Wildman–Crippen MR) is 199 cm³/mol. The Hall–Kier alpha value is -1.25. The third-order valence-corrected chi connectivity index (χ3v) is 9.50. The zero-order valence-corrected chi connectivity index (χ0v) is 33.3. The van der Waals surface area contributed by atoms with Crippen LogP contribution < -0.4 is 4.89 Å². The minimum atomic E-state index is -4.61. The lowest BCUT2D eigenvalue weighted by molar-refractivity contribution is -0.870. The van der Waals surface area contributed by atoms with Gasteiger partial charge in [0.05, 0.1) is 27.7 Å². The SMILES string of the molecule is CCCCCCCCCCC/C=C/CCCCC(=O)OC[C@@H](COP(=O)([O-])OCC[N+](C)(C)C)OC(=O)CCCCCCCCCCCC. The van der Waals surface area contributed by atoms with Crippen molar-refractivity contribution in [2.24, 2.45) is 0 Å². The Bertz CT molecular complexity index is 860. The van der Waals surface area contributed by atoms with Gasteiger partial charge in [0.25, 0.3) is 7.82 Å². The molecule has 10 heteroatoms. The molecule has 0 spiro atoms. The van der Waals surface area contributed by atoms with E-state index in [9.17, 15) is 19.0 Å². The quantitative estimate of drug-likeness (QED) is 0.0207. The van der Waals surface area contributed by atoms with E-state index in [1.165, 1.54) is 96.3 Å². The molecule has 9 nitrogen and oxygen atoms in total. The number of carbonyl (C=O) groups excluding carboxylic acids is 2. The average Bonchev–Trinajstić information content (AvgIpc) is 3.04. The summed E-state index contributed by atoms with van der Waals surface area (Å²) in [5, 5.41) is 0. The van der Waals surface area contributed by atoms with Crippen LogP contribution in [0.1, 0.15) is 174 Å². The number of phosphoric ester groups is 1. The first-order valence-electron chi connectivity index (χ1n) is 19.9. The highest BCUT2D eigenvalue weighted by atomic mass is 31.2. The smallest absolute Gasteiger partial charge is 0.306 e. The zero-order chi connectivity index (χ0) is 36.5. The molecule has 0 aromatic heterocycles. The molecule has 0 aromatic rings. The van der Waals surface area contributed by atoms with Crippen molar-refractivity contribution in [3.05, 3.63) is 12.2 Å². The van der Waals surface area contributed by atoms with E-state index in [4.69, 9.17) is 18.5 Å². The zero-order valence-electron chi connectivity index (χ0n) is 32.4. The standard InChI is InChI=1S/C39H76NO8P/c1-6-8-10-12-14-16-18-19-20-21-22-24-25-27-29-31-38(41)45-35-37(36-47-49(43,44)46-34-33-40(3,4)5)48-39(42)32-30-28-26-23-17-15-13-11-9-7-2/h22,24,37H,6-21,23,25-36H2,1-5H3/b24-22+/t37-/m0/s1. The van der Waals surface area contributed by atoms with Gasteiger partial charge in [0, 0.05) is 12.8 Å². The first kappa shape index (κ1) is 47.8. The Balaban J connectivity index is 4.40. The minimum absolute atomic E-state index is 0.0309. The summed E-state index contributed by atoms with van der Waals surface area (Å²) in [6.45, 7) is 4.18. The Kier molecular flexibility index (Phi) is 31.8. The van der Waals surface area contributed by atoms with E-state index in [0.29, 0.717) is 23.9 Å². The van der Waals surface area contributed by atoms with Crippen molar-refractivity contribution in [2.45, 2.75) is 180 Å². The summed E-state index contributed by atoms with van der Waals surface area (Å²) in [5.41, 5.74) is 0. The summed E-state index contributed by atoms with van der Waals surface area (Å²) in [5.74, 6) is -0.857. The number of hydrogen-bond donors (Lipinski definition) is 0. The van der Waals surface area contributed by atoms with Crippen LogP contribution in [-0.4, -0.2) is 70.0 Å². The molecule has 0 aliphatic carbocycles. The van der Waals surface area contributed by atoms with Crippen LogP contribution in [0, 0.1) is 0 Å². The fourth-order valence-electron chi connectivity index (χ4n) is 5.35. The van der Waals surface area contributed by atoms with Crippen molar-refractivity contribution >= 4 is 19.8 Å². The molecule has 0 rings (SSSR count). The molecule has 0 bridgehead atoms. The van der Waals surface area contributed by atoms with Crippen LogP contribution in [0.4, 0.5) is 0 Å². The second-order valence-electron chi connectivity index (χ2n) is 14.7. The monoisotopic (exact) mass is 718 g/mol. The molecule has 290 valence electrons. The van der Waals surface area contributed by atoms with Crippen molar-refractivity contribution < 1.29 is 42.1 Å². The highest BCUT2D eigenvalue weighted by molar-refractivity contribution is 7.45. The number of carbonyl (C=O) groups is 2. The lowest BCUT2D eigenvalue weighted by Crippen LogP contribution is -2.37. The molecule has 0 radical (unpaired) electrons. The third kappa shape index (κ3) is 36.3. The van der Waals surface area contributed by atoms with Gasteiger partial charge in [0.15, 0.2) is 6.10 Å². The van der Waals surface area contributed by atoms with Gasteiger partial charge in [-0.1, -0.05) is 135 Å². The van der Waals surface area contributed by atoms with Crippen LogP contribution in [-0.2, 0) is 32.7 Å². The fourth-order valence-corrected chi connectivity index (χ4v) is 6.08. The van der Waals surface area contributed by atoms with Crippen LogP contribution in [0.25, 0.3) is 0 Å². The van der Waals surface area contributed by atoms with Crippen LogP contribution in [0.3, 0.4) is 0 Å². The van der Waals surface area contributed by atoms with Crippen molar-refractivity contribution in [1.82, 2.24) is 0 Å². The number of rotatable bonds is 36. The van der Waals surface area contributed by atoms with Crippen LogP contribution in [0.2, 0.25) is 0 Å². The van der Waals surface area contributed by atoms with E-state index in [-0.39, 0.29) is 26.1 Å². The lowest BCUT2D eigenvalue weighted by atomic mass is 10.1. The average molecular weight is 718 g/mol. The molecule has 0 heterocycles. The van der Waals surface area contributed by atoms with Gasteiger partial charge in [0.2, 0.25) is 0 Å². The van der Waals surface area contributed by atoms with E-state index in [1.54, 1.807) is 0 Å². The largest absolute Gasteiger partial charge is 0.756 e. The van der Waals surface area contributed by atoms with Crippen molar-refractivity contribution in [2.75, 3.05) is 47.5 Å². The number of nitrogens with zero attached hydrogens (tertiary/aromatic N) is 1. The summed E-state index contributed by atoms with van der Waals surface area (Å²) >= 11 is 0. The molecule has 1 unspecified atom stereocenters. The first-order valence-corrected chi connectivity index (χ1v) is 21.4. The topological polar surface area (TPSA) is 111 Å². The Morgan fingerprint density at radius 3 is 1.55 bits per heavy atom. The summed E-state index contributed by atoms with van der Waals surface area (Å²) in [6, 6.07) is 0. The van der Waals surface area contributed by atoms with Gasteiger partial charge in [-0.05, 0) is 38.5 Å². The Morgan fingerprint density at radius 2 is 1.04 bits per heavy atom. The van der Waals surface area contributed by atoms with E-state index in [2.05, 4.69) is 26.0 Å². The molecule has 0 N–H and O–H groups in total. The second-order valence-corrected chi connectivity index (χ2v) is 16.1. The molecule has 2 atom stereocenters. The molecule has 0 fully saturated rings. The number of unbranched alkanes of at least 4 members (excludes halogenated alkanes) is 20. The van der Waals surface area contributed by atoms with Gasteiger partial charge in [-0.25, -0.2) is 0 Å². The number of quaternary nitrogens is 1. The molecular weight excluding hydrogens is 641 g/mol. The highest BCUT2D eigenvalue weighted by Gasteiger charge is 2.21. The number of esters is 2. The summed E-state index contributed by atoms with van der Waals surface area (Å²) in [7, 11) is 1.16.